The van der Waals surface area contributed by atoms with Gasteiger partial charge in [-0.25, -0.2) is 4.79 Å². The third-order valence-electron chi connectivity index (χ3n) is 7.15. The second-order valence-corrected chi connectivity index (χ2v) is 9.54. The van der Waals surface area contributed by atoms with Crippen molar-refractivity contribution in [3.63, 3.8) is 0 Å². The van der Waals surface area contributed by atoms with Crippen LogP contribution in [0.4, 0.5) is 4.79 Å². The van der Waals surface area contributed by atoms with E-state index in [0.717, 1.165) is 12.3 Å². The lowest BCUT2D eigenvalue weighted by Gasteiger charge is -2.34. The second kappa shape index (κ2) is 7.46. The first kappa shape index (κ1) is 18.8. The van der Waals surface area contributed by atoms with Crippen LogP contribution in [-0.2, 0) is 4.74 Å². The summed E-state index contributed by atoms with van der Waals surface area (Å²) in [4.78, 5) is 13.8. The average Bonchev–Trinajstić information content (AvgIpc) is 3.16. The molecule has 2 heterocycles. The van der Waals surface area contributed by atoms with Gasteiger partial charge in [-0.2, -0.15) is 0 Å². The Morgan fingerprint density at radius 1 is 1.04 bits per heavy atom. The van der Waals surface area contributed by atoms with E-state index in [1.165, 1.54) is 51.5 Å². The topological polar surface area (TPSA) is 55.6 Å². The zero-order chi connectivity index (χ0) is 19.0. The van der Waals surface area contributed by atoms with Crippen LogP contribution < -0.4 is 5.73 Å². The van der Waals surface area contributed by atoms with Crippen molar-refractivity contribution in [3.05, 3.63) is 35.4 Å². The molecule has 1 aromatic carbocycles. The maximum absolute atomic E-state index is 11.1. The number of ether oxygens (including phenoxy) is 1. The number of nitrogens with two attached hydrogens (primary N) is 1. The fourth-order valence-corrected chi connectivity index (χ4v) is 6.03. The predicted octanol–water partition coefficient (Wildman–Crippen LogP) is 5.34. The van der Waals surface area contributed by atoms with Gasteiger partial charge in [-0.3, -0.25) is 4.90 Å². The Bertz CT molecular complexity index is 648. The number of hydrogen-bond acceptors (Lipinski definition) is 3. The molecule has 1 amide bonds. The van der Waals surface area contributed by atoms with Gasteiger partial charge in [0.1, 0.15) is 5.60 Å². The Hall–Kier alpha value is -1.55. The van der Waals surface area contributed by atoms with E-state index in [1.807, 2.05) is 13.8 Å². The standard InChI is InChI=1S/C23H34N2O2/c1-23(2,27-22(24)26)15-17-9-7-16(8-10-17)13-14-25-20-11-12-21(25)19-6-4-3-5-18(19)20/h3-6,16-17,20-21H,7-15H2,1-2H3,(H2,24,26). The summed E-state index contributed by atoms with van der Waals surface area (Å²) < 4.78 is 5.28. The molecule has 4 heteroatoms. The van der Waals surface area contributed by atoms with E-state index in [9.17, 15) is 4.79 Å². The molecule has 0 spiro atoms. The van der Waals surface area contributed by atoms with Gasteiger partial charge in [0.25, 0.3) is 0 Å². The minimum atomic E-state index is -0.657. The zero-order valence-electron chi connectivity index (χ0n) is 16.8. The van der Waals surface area contributed by atoms with Crippen LogP contribution in [0, 0.1) is 11.8 Å². The lowest BCUT2D eigenvalue weighted by molar-refractivity contribution is 0.0192. The van der Waals surface area contributed by atoms with Crippen LogP contribution in [0.3, 0.4) is 0 Å². The summed E-state index contributed by atoms with van der Waals surface area (Å²) in [6.45, 7) is 5.20. The minimum absolute atomic E-state index is 0.441. The molecular formula is C23H34N2O2. The first-order valence-electron chi connectivity index (χ1n) is 10.8. The van der Waals surface area contributed by atoms with E-state index in [0.29, 0.717) is 18.0 Å². The number of benzene rings is 1. The molecule has 2 N–H and O–H groups in total. The van der Waals surface area contributed by atoms with Crippen molar-refractivity contribution in [2.45, 2.75) is 82.9 Å². The number of carbonyl (C=O) groups is 1. The smallest absolute Gasteiger partial charge is 0.405 e. The van der Waals surface area contributed by atoms with Crippen LogP contribution in [-0.4, -0.2) is 23.1 Å². The summed E-state index contributed by atoms with van der Waals surface area (Å²) in [7, 11) is 0. The molecule has 2 aliphatic heterocycles. The van der Waals surface area contributed by atoms with Crippen LogP contribution in [0.15, 0.2) is 24.3 Å². The predicted molar refractivity (Wildman–Crippen MR) is 107 cm³/mol. The van der Waals surface area contributed by atoms with Crippen LogP contribution >= 0.6 is 0 Å². The van der Waals surface area contributed by atoms with E-state index >= 15 is 0 Å². The van der Waals surface area contributed by atoms with Gasteiger partial charge in [-0.1, -0.05) is 49.9 Å². The molecule has 1 saturated heterocycles. The monoisotopic (exact) mass is 370 g/mol. The maximum Gasteiger partial charge on any atom is 0.405 e. The summed E-state index contributed by atoms with van der Waals surface area (Å²) in [6, 6.07) is 10.4. The lowest BCUT2D eigenvalue weighted by atomic mass is 9.76. The number of nitrogens with zero attached hydrogens (tertiary/aromatic N) is 1. The van der Waals surface area contributed by atoms with E-state index in [-0.39, 0.29) is 0 Å². The highest BCUT2D eigenvalue weighted by molar-refractivity contribution is 5.65. The van der Waals surface area contributed by atoms with Gasteiger partial charge in [-0.15, -0.1) is 0 Å². The first-order valence-corrected chi connectivity index (χ1v) is 10.8. The second-order valence-electron chi connectivity index (χ2n) is 9.54. The lowest BCUT2D eigenvalue weighted by Crippen LogP contribution is -2.34. The van der Waals surface area contributed by atoms with E-state index in [1.54, 1.807) is 11.1 Å². The van der Waals surface area contributed by atoms with Crippen molar-refractivity contribution >= 4 is 6.09 Å². The normalized spacial score (nSPS) is 30.3. The number of amides is 1. The van der Waals surface area contributed by atoms with Gasteiger partial charge >= 0.3 is 6.09 Å². The third-order valence-corrected chi connectivity index (χ3v) is 7.15. The number of hydrogen-bond donors (Lipinski definition) is 1. The Morgan fingerprint density at radius 2 is 1.59 bits per heavy atom. The van der Waals surface area contributed by atoms with Gasteiger partial charge in [0.05, 0.1) is 0 Å². The van der Waals surface area contributed by atoms with Gasteiger partial charge in [0.2, 0.25) is 0 Å². The third kappa shape index (κ3) is 4.01. The van der Waals surface area contributed by atoms with Crippen molar-refractivity contribution in [3.8, 4) is 0 Å². The SMILES string of the molecule is CC(C)(CC1CCC(CCN2C3CCC2c2ccccc23)CC1)OC(N)=O. The van der Waals surface area contributed by atoms with Crippen molar-refractivity contribution in [1.82, 2.24) is 4.90 Å². The molecule has 1 aliphatic carbocycles. The molecule has 2 atom stereocenters. The maximum atomic E-state index is 11.1. The summed E-state index contributed by atoms with van der Waals surface area (Å²) in [6.07, 6.45) is 9.40. The molecule has 1 saturated carbocycles. The highest BCUT2D eigenvalue weighted by Crippen LogP contribution is 2.53. The average molecular weight is 371 g/mol. The molecule has 148 valence electrons. The Kier molecular flexibility index (Phi) is 5.19. The van der Waals surface area contributed by atoms with E-state index in [4.69, 9.17) is 10.5 Å². The molecule has 3 aliphatic rings. The van der Waals surface area contributed by atoms with Gasteiger partial charge in [-0.05, 0) is 69.0 Å². The van der Waals surface area contributed by atoms with Crippen molar-refractivity contribution in [2.75, 3.05) is 6.54 Å². The molecule has 1 aromatic rings. The molecule has 0 radical (unpaired) electrons. The molecule has 2 bridgehead atoms. The summed E-state index contributed by atoms with van der Waals surface area (Å²) in [5.74, 6) is 1.51. The molecular weight excluding hydrogens is 336 g/mol. The van der Waals surface area contributed by atoms with Crippen molar-refractivity contribution in [1.29, 1.82) is 0 Å². The highest BCUT2D eigenvalue weighted by Gasteiger charge is 2.43. The van der Waals surface area contributed by atoms with Crippen LogP contribution in [0.5, 0.6) is 0 Å². The molecule has 2 unspecified atom stereocenters. The molecule has 27 heavy (non-hydrogen) atoms. The van der Waals surface area contributed by atoms with E-state index in [2.05, 4.69) is 29.2 Å². The van der Waals surface area contributed by atoms with E-state index < -0.39 is 11.7 Å². The minimum Gasteiger partial charge on any atom is -0.444 e. The largest absolute Gasteiger partial charge is 0.444 e. The number of fused-ring (bicyclic) bond motifs is 5. The summed E-state index contributed by atoms with van der Waals surface area (Å²) in [5.41, 5.74) is 7.94. The highest BCUT2D eigenvalue weighted by atomic mass is 16.6. The summed E-state index contributed by atoms with van der Waals surface area (Å²) >= 11 is 0. The number of carbonyl (C=O) groups excluding carboxylic acids is 1. The number of primary amides is 1. The van der Waals surface area contributed by atoms with Gasteiger partial charge in [0.15, 0.2) is 0 Å². The van der Waals surface area contributed by atoms with Crippen LogP contribution in [0.2, 0.25) is 0 Å². The quantitative estimate of drug-likeness (QED) is 0.735. The van der Waals surface area contributed by atoms with Crippen molar-refractivity contribution < 1.29 is 9.53 Å². The Balaban J connectivity index is 1.24. The first-order chi connectivity index (χ1) is 12.9. The van der Waals surface area contributed by atoms with Crippen LogP contribution in [0.1, 0.15) is 88.4 Å². The van der Waals surface area contributed by atoms with Gasteiger partial charge in [0, 0.05) is 12.1 Å². The summed E-state index contributed by atoms with van der Waals surface area (Å²) in [5, 5.41) is 0. The Morgan fingerprint density at radius 3 is 2.15 bits per heavy atom. The zero-order valence-corrected chi connectivity index (χ0v) is 16.8. The van der Waals surface area contributed by atoms with Crippen molar-refractivity contribution in [2.24, 2.45) is 17.6 Å². The fraction of sp³-hybridized carbons (Fsp3) is 0.696. The molecule has 4 rings (SSSR count). The molecule has 2 fully saturated rings. The van der Waals surface area contributed by atoms with Crippen LogP contribution in [0.25, 0.3) is 0 Å². The molecule has 4 nitrogen and oxygen atoms in total. The Labute approximate surface area is 163 Å². The number of rotatable bonds is 6. The van der Waals surface area contributed by atoms with Gasteiger partial charge < -0.3 is 10.5 Å². The fourth-order valence-electron chi connectivity index (χ4n) is 6.03. The molecule has 0 aromatic heterocycles.